The standard InChI is InChI=1S/C19H22N4O3/c1-10-5-6-15-14(7-10)11(2)17(20-15)19(24)23-9-13(25-4)8-16(23)18-22-21-12(3)26-18/h5-7,13,16,20H,8-9H2,1-4H3/t13-,16+/m0/s1. The van der Waals surface area contributed by atoms with Crippen molar-refractivity contribution in [2.75, 3.05) is 13.7 Å². The largest absolute Gasteiger partial charge is 0.423 e. The zero-order valence-electron chi connectivity index (χ0n) is 15.4. The van der Waals surface area contributed by atoms with E-state index in [1.54, 1.807) is 18.9 Å². The zero-order valence-corrected chi connectivity index (χ0v) is 15.4. The Kier molecular flexibility index (Phi) is 4.03. The first kappa shape index (κ1) is 16.8. The van der Waals surface area contributed by atoms with Gasteiger partial charge >= 0.3 is 0 Å². The molecule has 7 nitrogen and oxygen atoms in total. The van der Waals surface area contributed by atoms with Crippen LogP contribution in [0.1, 0.15) is 45.9 Å². The molecule has 1 aromatic carbocycles. The minimum atomic E-state index is -0.277. The SMILES string of the molecule is CO[C@H]1C[C@H](c2nnc(C)o2)N(C(=O)c2[nH]c3ccc(C)cc3c2C)C1. The van der Waals surface area contributed by atoms with Gasteiger partial charge in [0.15, 0.2) is 0 Å². The first-order valence-corrected chi connectivity index (χ1v) is 8.70. The van der Waals surface area contributed by atoms with E-state index in [0.29, 0.717) is 30.4 Å². The van der Waals surface area contributed by atoms with Gasteiger partial charge in [-0.15, -0.1) is 10.2 Å². The first-order chi connectivity index (χ1) is 12.5. The summed E-state index contributed by atoms with van der Waals surface area (Å²) >= 11 is 0. The highest BCUT2D eigenvalue weighted by atomic mass is 16.5. The van der Waals surface area contributed by atoms with Gasteiger partial charge in [-0.2, -0.15) is 0 Å². The quantitative estimate of drug-likeness (QED) is 0.781. The van der Waals surface area contributed by atoms with Crippen molar-refractivity contribution in [3.63, 3.8) is 0 Å². The van der Waals surface area contributed by atoms with Crippen LogP contribution in [0, 0.1) is 20.8 Å². The summed E-state index contributed by atoms with van der Waals surface area (Å²) < 4.78 is 11.1. The lowest BCUT2D eigenvalue weighted by Gasteiger charge is -2.21. The maximum atomic E-state index is 13.3. The van der Waals surface area contributed by atoms with E-state index < -0.39 is 0 Å². The van der Waals surface area contributed by atoms with Gasteiger partial charge in [0.1, 0.15) is 11.7 Å². The van der Waals surface area contributed by atoms with Crippen molar-refractivity contribution < 1.29 is 13.9 Å². The number of nitrogens with zero attached hydrogens (tertiary/aromatic N) is 3. The highest BCUT2D eigenvalue weighted by Crippen LogP contribution is 2.35. The fraction of sp³-hybridized carbons (Fsp3) is 0.421. The Morgan fingerprint density at radius 3 is 2.81 bits per heavy atom. The fourth-order valence-electron chi connectivity index (χ4n) is 3.67. The monoisotopic (exact) mass is 354 g/mol. The number of amides is 1. The lowest BCUT2D eigenvalue weighted by atomic mass is 10.1. The molecule has 1 aliphatic rings. The van der Waals surface area contributed by atoms with E-state index in [1.807, 2.05) is 26.0 Å². The summed E-state index contributed by atoms with van der Waals surface area (Å²) in [6.45, 7) is 6.26. The minimum Gasteiger partial charge on any atom is -0.423 e. The van der Waals surface area contributed by atoms with E-state index in [2.05, 4.69) is 21.2 Å². The van der Waals surface area contributed by atoms with Crippen molar-refractivity contribution in [2.45, 2.75) is 39.3 Å². The summed E-state index contributed by atoms with van der Waals surface area (Å²) in [5.41, 5.74) is 3.68. The fourth-order valence-corrected chi connectivity index (χ4v) is 3.67. The first-order valence-electron chi connectivity index (χ1n) is 8.70. The van der Waals surface area contributed by atoms with Crippen molar-refractivity contribution >= 4 is 16.8 Å². The van der Waals surface area contributed by atoms with Gasteiger partial charge in [-0.25, -0.2) is 0 Å². The van der Waals surface area contributed by atoms with Gasteiger partial charge in [0.2, 0.25) is 11.8 Å². The van der Waals surface area contributed by atoms with Gasteiger partial charge in [-0.05, 0) is 31.5 Å². The van der Waals surface area contributed by atoms with Gasteiger partial charge in [0.05, 0.1) is 6.10 Å². The molecule has 3 heterocycles. The number of fused-ring (bicyclic) bond motifs is 1. The van der Waals surface area contributed by atoms with Crippen LogP contribution in [0.5, 0.6) is 0 Å². The molecule has 0 bridgehead atoms. The van der Waals surface area contributed by atoms with Crippen molar-refractivity contribution in [1.82, 2.24) is 20.1 Å². The molecular weight excluding hydrogens is 332 g/mol. The zero-order chi connectivity index (χ0) is 18.4. The van der Waals surface area contributed by atoms with Crippen LogP contribution in [0.2, 0.25) is 0 Å². The van der Waals surface area contributed by atoms with Gasteiger partial charge in [0.25, 0.3) is 5.91 Å². The van der Waals surface area contributed by atoms with Crippen molar-refractivity contribution in [2.24, 2.45) is 0 Å². The molecule has 1 aliphatic heterocycles. The summed E-state index contributed by atoms with van der Waals surface area (Å²) in [6.07, 6.45) is 0.588. The Balaban J connectivity index is 1.72. The average Bonchev–Trinajstić information content (AvgIpc) is 3.32. The van der Waals surface area contributed by atoms with Crippen LogP contribution >= 0.6 is 0 Å². The average molecular weight is 354 g/mol. The summed E-state index contributed by atoms with van der Waals surface area (Å²) in [7, 11) is 1.66. The van der Waals surface area contributed by atoms with Crippen LogP contribution < -0.4 is 0 Å². The number of methoxy groups -OCH3 is 1. The Hall–Kier alpha value is -2.67. The molecule has 1 fully saturated rings. The molecule has 0 radical (unpaired) electrons. The summed E-state index contributed by atoms with van der Waals surface area (Å²) in [5, 5.41) is 9.10. The van der Waals surface area contributed by atoms with Crippen LogP contribution in [0.3, 0.4) is 0 Å². The van der Waals surface area contributed by atoms with Gasteiger partial charge in [-0.3, -0.25) is 4.79 Å². The Morgan fingerprint density at radius 2 is 2.12 bits per heavy atom. The number of rotatable bonds is 3. The topological polar surface area (TPSA) is 84.2 Å². The molecule has 0 aliphatic carbocycles. The molecule has 2 atom stereocenters. The van der Waals surface area contributed by atoms with Gasteiger partial charge in [-0.1, -0.05) is 11.6 Å². The summed E-state index contributed by atoms with van der Waals surface area (Å²) in [4.78, 5) is 18.4. The smallest absolute Gasteiger partial charge is 0.271 e. The second kappa shape index (κ2) is 6.25. The molecule has 4 rings (SSSR count). The van der Waals surface area contributed by atoms with Crippen LogP contribution in [0.25, 0.3) is 10.9 Å². The highest BCUT2D eigenvalue weighted by molar-refractivity contribution is 6.01. The number of hydrogen-bond acceptors (Lipinski definition) is 5. The maximum Gasteiger partial charge on any atom is 0.271 e. The van der Waals surface area contributed by atoms with E-state index >= 15 is 0 Å². The number of ether oxygens (including phenoxy) is 1. The number of hydrogen-bond donors (Lipinski definition) is 1. The molecular formula is C19H22N4O3. The summed E-state index contributed by atoms with van der Waals surface area (Å²) in [5.74, 6) is 0.877. The number of aromatic nitrogens is 3. The third-order valence-electron chi connectivity index (χ3n) is 5.11. The molecule has 26 heavy (non-hydrogen) atoms. The molecule has 1 amide bonds. The molecule has 2 aromatic heterocycles. The molecule has 3 aromatic rings. The third-order valence-corrected chi connectivity index (χ3v) is 5.11. The molecule has 0 unspecified atom stereocenters. The maximum absolute atomic E-state index is 13.3. The van der Waals surface area contributed by atoms with E-state index in [1.165, 1.54) is 5.56 Å². The lowest BCUT2D eigenvalue weighted by molar-refractivity contribution is 0.0668. The number of carbonyl (C=O) groups is 1. The highest BCUT2D eigenvalue weighted by Gasteiger charge is 2.40. The molecule has 0 saturated carbocycles. The second-order valence-corrected chi connectivity index (χ2v) is 6.90. The van der Waals surface area contributed by atoms with E-state index in [4.69, 9.17) is 9.15 Å². The number of benzene rings is 1. The van der Waals surface area contributed by atoms with E-state index in [-0.39, 0.29) is 18.1 Å². The number of carbonyl (C=O) groups excluding carboxylic acids is 1. The van der Waals surface area contributed by atoms with Crippen LogP contribution in [0.4, 0.5) is 0 Å². The number of aryl methyl sites for hydroxylation is 3. The molecule has 7 heteroatoms. The number of H-pyrrole nitrogens is 1. The van der Waals surface area contributed by atoms with Crippen molar-refractivity contribution in [3.05, 3.63) is 46.8 Å². The minimum absolute atomic E-state index is 0.0527. The number of nitrogens with one attached hydrogen (secondary N) is 1. The van der Waals surface area contributed by atoms with Crippen LogP contribution in [0.15, 0.2) is 22.6 Å². The van der Waals surface area contributed by atoms with Crippen LogP contribution in [-0.2, 0) is 4.74 Å². The second-order valence-electron chi connectivity index (χ2n) is 6.90. The number of likely N-dealkylation sites (tertiary alicyclic amines) is 1. The lowest BCUT2D eigenvalue weighted by Crippen LogP contribution is -2.32. The Labute approximate surface area is 151 Å². The molecule has 0 spiro atoms. The third kappa shape index (κ3) is 2.68. The van der Waals surface area contributed by atoms with Crippen molar-refractivity contribution in [3.8, 4) is 0 Å². The molecule has 136 valence electrons. The molecule has 1 saturated heterocycles. The molecule has 1 N–H and O–H groups in total. The normalized spacial score (nSPS) is 20.2. The van der Waals surface area contributed by atoms with Crippen molar-refractivity contribution in [1.29, 1.82) is 0 Å². The van der Waals surface area contributed by atoms with Gasteiger partial charge in [0, 0.05) is 37.9 Å². The summed E-state index contributed by atoms with van der Waals surface area (Å²) in [6, 6.07) is 5.86. The van der Waals surface area contributed by atoms with E-state index in [9.17, 15) is 4.79 Å². The van der Waals surface area contributed by atoms with Gasteiger partial charge < -0.3 is 19.0 Å². The predicted molar refractivity (Wildman–Crippen MR) is 96.0 cm³/mol. The number of aromatic amines is 1. The predicted octanol–water partition coefficient (Wildman–Crippen LogP) is 3.08. The van der Waals surface area contributed by atoms with Crippen LogP contribution in [-0.4, -0.2) is 45.7 Å². The van der Waals surface area contributed by atoms with E-state index in [0.717, 1.165) is 16.5 Å². The Bertz CT molecular complexity index is 974. The Morgan fingerprint density at radius 1 is 1.31 bits per heavy atom.